The molecule has 0 amide bonds. The first-order chi connectivity index (χ1) is 8.92. The minimum atomic E-state index is -3.45. The van der Waals surface area contributed by atoms with Gasteiger partial charge in [-0.3, -0.25) is 0 Å². The molecule has 0 heterocycles. The van der Waals surface area contributed by atoms with Crippen LogP contribution in [0.1, 0.15) is 25.3 Å². The molecule has 1 unspecified atom stereocenters. The third-order valence-electron chi connectivity index (χ3n) is 2.74. The Labute approximate surface area is 115 Å². The summed E-state index contributed by atoms with van der Waals surface area (Å²) in [5.74, 6) is 0. The van der Waals surface area contributed by atoms with Crippen molar-refractivity contribution in [2.75, 3.05) is 13.6 Å². The predicted octanol–water partition coefficient (Wildman–Crippen LogP) is 1.11. The second-order valence-electron chi connectivity index (χ2n) is 4.63. The van der Waals surface area contributed by atoms with E-state index in [-0.39, 0.29) is 0 Å². The molecule has 1 aromatic carbocycles. The lowest BCUT2D eigenvalue weighted by molar-refractivity contribution is 0.182. The highest BCUT2D eigenvalue weighted by Gasteiger charge is 2.16. The highest BCUT2D eigenvalue weighted by Crippen LogP contribution is 2.05. The molecule has 0 aliphatic heterocycles. The van der Waals surface area contributed by atoms with Gasteiger partial charge in [-0.05, 0) is 25.3 Å². The number of nitrogens with zero attached hydrogens (tertiary/aromatic N) is 1. The van der Waals surface area contributed by atoms with E-state index in [9.17, 15) is 8.42 Å². The van der Waals surface area contributed by atoms with Crippen LogP contribution in [0.3, 0.4) is 0 Å². The molecule has 0 aliphatic carbocycles. The molecule has 1 atom stereocenters. The summed E-state index contributed by atoms with van der Waals surface area (Å²) in [4.78, 5) is 0. The molecular formula is C13H22N2O3S. The van der Waals surface area contributed by atoms with Crippen LogP contribution < -0.4 is 4.72 Å². The summed E-state index contributed by atoms with van der Waals surface area (Å²) in [6, 6.07) is 9.43. The van der Waals surface area contributed by atoms with E-state index in [1.165, 1.54) is 4.31 Å². The van der Waals surface area contributed by atoms with Gasteiger partial charge in [-0.25, -0.2) is 4.72 Å². The zero-order valence-corrected chi connectivity index (χ0v) is 12.2. The Morgan fingerprint density at radius 2 is 1.95 bits per heavy atom. The van der Waals surface area contributed by atoms with E-state index >= 15 is 0 Å². The molecule has 0 spiro atoms. The van der Waals surface area contributed by atoms with Crippen molar-refractivity contribution >= 4 is 10.2 Å². The molecule has 0 saturated heterocycles. The Balaban J connectivity index is 2.43. The number of rotatable bonds is 8. The normalized spacial score (nSPS) is 13.7. The summed E-state index contributed by atoms with van der Waals surface area (Å²) < 4.78 is 27.7. The van der Waals surface area contributed by atoms with Crippen LogP contribution in [0.2, 0.25) is 0 Å². The van der Waals surface area contributed by atoms with E-state index in [0.717, 1.165) is 5.56 Å². The van der Waals surface area contributed by atoms with Gasteiger partial charge >= 0.3 is 0 Å². The van der Waals surface area contributed by atoms with Crippen molar-refractivity contribution in [3.8, 4) is 0 Å². The summed E-state index contributed by atoms with van der Waals surface area (Å²) >= 11 is 0. The van der Waals surface area contributed by atoms with E-state index in [1.54, 1.807) is 14.0 Å². The van der Waals surface area contributed by atoms with Gasteiger partial charge < -0.3 is 5.11 Å². The fourth-order valence-electron chi connectivity index (χ4n) is 1.63. The average Bonchev–Trinajstić information content (AvgIpc) is 2.35. The third kappa shape index (κ3) is 6.15. The first-order valence-electron chi connectivity index (χ1n) is 6.35. The zero-order chi connectivity index (χ0) is 14.3. The Morgan fingerprint density at radius 3 is 2.53 bits per heavy atom. The maximum absolute atomic E-state index is 11.9. The number of hydrogen-bond donors (Lipinski definition) is 2. The molecule has 5 nitrogen and oxygen atoms in total. The van der Waals surface area contributed by atoms with Crippen molar-refractivity contribution in [2.24, 2.45) is 0 Å². The van der Waals surface area contributed by atoms with E-state index in [1.807, 2.05) is 30.3 Å². The van der Waals surface area contributed by atoms with Crippen LogP contribution in [0.4, 0.5) is 0 Å². The first kappa shape index (κ1) is 16.1. The van der Waals surface area contributed by atoms with Gasteiger partial charge in [0, 0.05) is 20.1 Å². The average molecular weight is 286 g/mol. The standard InChI is InChI=1S/C13H22N2O3S/c1-12(16)7-6-10-14-19(17,18)15(2)11-13-8-4-3-5-9-13/h3-5,8-9,12,14,16H,6-7,10-11H2,1-2H3. The van der Waals surface area contributed by atoms with Gasteiger partial charge in [-0.2, -0.15) is 12.7 Å². The first-order valence-corrected chi connectivity index (χ1v) is 7.79. The second-order valence-corrected chi connectivity index (χ2v) is 6.49. The molecule has 0 fully saturated rings. The molecule has 0 saturated carbocycles. The molecule has 0 bridgehead atoms. The van der Waals surface area contributed by atoms with E-state index in [2.05, 4.69) is 4.72 Å². The van der Waals surface area contributed by atoms with E-state index in [4.69, 9.17) is 5.11 Å². The van der Waals surface area contributed by atoms with Gasteiger partial charge in [-0.15, -0.1) is 0 Å². The maximum Gasteiger partial charge on any atom is 0.279 e. The molecule has 19 heavy (non-hydrogen) atoms. The van der Waals surface area contributed by atoms with Crippen LogP contribution in [0.5, 0.6) is 0 Å². The number of aliphatic hydroxyl groups is 1. The van der Waals surface area contributed by atoms with Gasteiger partial charge in [0.15, 0.2) is 0 Å². The topological polar surface area (TPSA) is 69.6 Å². The van der Waals surface area contributed by atoms with Gasteiger partial charge in [-0.1, -0.05) is 30.3 Å². The highest BCUT2D eigenvalue weighted by atomic mass is 32.2. The summed E-state index contributed by atoms with van der Waals surface area (Å²) in [5, 5.41) is 9.10. The van der Waals surface area contributed by atoms with Crippen molar-refractivity contribution in [2.45, 2.75) is 32.4 Å². The lowest BCUT2D eigenvalue weighted by atomic mass is 10.2. The fraction of sp³-hybridized carbons (Fsp3) is 0.538. The summed E-state index contributed by atoms with van der Waals surface area (Å²) in [7, 11) is -1.91. The lowest BCUT2D eigenvalue weighted by Gasteiger charge is -2.18. The number of nitrogens with one attached hydrogen (secondary N) is 1. The van der Waals surface area contributed by atoms with Gasteiger partial charge in [0.05, 0.1) is 6.10 Å². The SMILES string of the molecule is CC(O)CCCNS(=O)(=O)N(C)Cc1ccccc1. The van der Waals surface area contributed by atoms with Crippen molar-refractivity contribution in [3.63, 3.8) is 0 Å². The summed E-state index contributed by atoms with van der Waals surface area (Å²) in [6.45, 7) is 2.37. The van der Waals surface area contributed by atoms with Crippen molar-refractivity contribution in [3.05, 3.63) is 35.9 Å². The van der Waals surface area contributed by atoms with Crippen molar-refractivity contribution in [1.29, 1.82) is 0 Å². The molecule has 6 heteroatoms. The van der Waals surface area contributed by atoms with Gasteiger partial charge in [0.1, 0.15) is 0 Å². The molecule has 2 N–H and O–H groups in total. The highest BCUT2D eigenvalue weighted by molar-refractivity contribution is 7.87. The quantitative estimate of drug-likeness (QED) is 0.703. The van der Waals surface area contributed by atoms with Gasteiger partial charge in [0.25, 0.3) is 10.2 Å². The minimum Gasteiger partial charge on any atom is -0.393 e. The number of hydrogen-bond acceptors (Lipinski definition) is 3. The minimum absolute atomic E-state index is 0.340. The predicted molar refractivity (Wildman–Crippen MR) is 75.7 cm³/mol. The van der Waals surface area contributed by atoms with Crippen molar-refractivity contribution in [1.82, 2.24) is 9.03 Å². The van der Waals surface area contributed by atoms with E-state index in [0.29, 0.717) is 25.9 Å². The molecule has 1 rings (SSSR count). The Bertz CT molecular complexity index is 460. The van der Waals surface area contributed by atoms with Crippen LogP contribution >= 0.6 is 0 Å². The lowest BCUT2D eigenvalue weighted by Crippen LogP contribution is -2.38. The zero-order valence-electron chi connectivity index (χ0n) is 11.4. The smallest absolute Gasteiger partial charge is 0.279 e. The van der Waals surface area contributed by atoms with Crippen LogP contribution in [0.25, 0.3) is 0 Å². The molecular weight excluding hydrogens is 264 g/mol. The molecule has 0 aliphatic rings. The second kappa shape index (κ2) is 7.59. The third-order valence-corrected chi connectivity index (χ3v) is 4.26. The maximum atomic E-state index is 11.9. The van der Waals surface area contributed by atoms with Gasteiger partial charge in [0.2, 0.25) is 0 Å². The Morgan fingerprint density at radius 1 is 1.32 bits per heavy atom. The molecule has 0 aromatic heterocycles. The summed E-state index contributed by atoms with van der Waals surface area (Å²) in [5.41, 5.74) is 0.944. The Kier molecular flexibility index (Phi) is 6.44. The van der Waals surface area contributed by atoms with Crippen molar-refractivity contribution < 1.29 is 13.5 Å². The van der Waals surface area contributed by atoms with Crippen LogP contribution in [-0.4, -0.2) is 37.5 Å². The van der Waals surface area contributed by atoms with E-state index < -0.39 is 16.3 Å². The Hall–Kier alpha value is -0.950. The molecule has 0 radical (unpaired) electrons. The molecule has 108 valence electrons. The number of aliphatic hydroxyl groups excluding tert-OH is 1. The fourth-order valence-corrected chi connectivity index (χ4v) is 2.58. The largest absolute Gasteiger partial charge is 0.393 e. The van der Waals surface area contributed by atoms with Crippen LogP contribution in [0.15, 0.2) is 30.3 Å². The summed E-state index contributed by atoms with van der Waals surface area (Å²) in [6.07, 6.45) is 0.813. The molecule has 1 aromatic rings. The van der Waals surface area contributed by atoms with Crippen LogP contribution in [0, 0.1) is 0 Å². The number of benzene rings is 1. The monoisotopic (exact) mass is 286 g/mol. The van der Waals surface area contributed by atoms with Crippen LogP contribution in [-0.2, 0) is 16.8 Å².